The first-order valence-corrected chi connectivity index (χ1v) is 14.9. The van der Waals surface area contributed by atoms with Gasteiger partial charge in [0.05, 0.1) is 37.4 Å². The number of nitrogens with zero attached hydrogens (tertiary/aromatic N) is 1. The first-order valence-electron chi connectivity index (χ1n) is 14.1. The molecule has 2 N–H and O–H groups in total. The van der Waals surface area contributed by atoms with Crippen molar-refractivity contribution in [3.05, 3.63) is 93.6 Å². The summed E-state index contributed by atoms with van der Waals surface area (Å²) in [4.78, 5) is 46.0. The predicted octanol–water partition coefficient (Wildman–Crippen LogP) is 5.24. The van der Waals surface area contributed by atoms with Crippen molar-refractivity contribution < 1.29 is 28.6 Å². The lowest BCUT2D eigenvalue weighted by atomic mass is 9.68. The Kier molecular flexibility index (Phi) is 10.0. The molecule has 0 amide bonds. The minimum atomic E-state index is -1.53. The van der Waals surface area contributed by atoms with Gasteiger partial charge in [-0.3, -0.25) is 0 Å². The number of hydrogen-bond acceptors (Lipinski definition) is 10. The zero-order chi connectivity index (χ0) is 30.3. The number of nitrogens with one attached hydrogen (secondary N) is 2. The molecule has 0 fully saturated rings. The van der Waals surface area contributed by atoms with Gasteiger partial charge >= 0.3 is 17.9 Å². The molecule has 1 aliphatic rings. The van der Waals surface area contributed by atoms with Gasteiger partial charge in [0.1, 0.15) is 0 Å². The number of carbonyl (C=O) groups is 3. The van der Waals surface area contributed by atoms with Crippen molar-refractivity contribution in [2.75, 3.05) is 25.1 Å². The number of hydrogen-bond donors (Lipinski definition) is 2. The number of thiazole rings is 1. The van der Waals surface area contributed by atoms with Gasteiger partial charge in [0, 0.05) is 17.0 Å². The Hall–Kier alpha value is -4.18. The van der Waals surface area contributed by atoms with Gasteiger partial charge in [-0.1, -0.05) is 60.7 Å². The molecule has 222 valence electrons. The van der Waals surface area contributed by atoms with Crippen molar-refractivity contribution in [1.29, 1.82) is 0 Å². The summed E-state index contributed by atoms with van der Waals surface area (Å²) >= 11 is 1.27. The first-order chi connectivity index (χ1) is 20.3. The van der Waals surface area contributed by atoms with Crippen LogP contribution in [0.4, 0.5) is 5.13 Å². The molecule has 1 aromatic heterocycles. The first kappa shape index (κ1) is 30.8. The van der Waals surface area contributed by atoms with E-state index in [1.165, 1.54) is 11.3 Å². The summed E-state index contributed by atoms with van der Waals surface area (Å²) in [5, 5.41) is 7.04. The van der Waals surface area contributed by atoms with E-state index < -0.39 is 35.4 Å². The van der Waals surface area contributed by atoms with Crippen LogP contribution in [0.3, 0.4) is 0 Å². The zero-order valence-corrected chi connectivity index (χ0v) is 25.4. The molecule has 1 aliphatic heterocycles. The van der Waals surface area contributed by atoms with Gasteiger partial charge in [-0.15, -0.1) is 11.3 Å². The summed E-state index contributed by atoms with van der Waals surface area (Å²) in [6, 6.07) is 18.5. The Labute approximate surface area is 250 Å². The van der Waals surface area contributed by atoms with Crippen molar-refractivity contribution in [3.8, 4) is 0 Å². The van der Waals surface area contributed by atoms with Crippen LogP contribution in [0.5, 0.6) is 0 Å². The number of carbonyl (C=O) groups excluding carboxylic acids is 3. The molecular formula is C32H37N3O6S. The van der Waals surface area contributed by atoms with Gasteiger partial charge < -0.3 is 24.8 Å². The van der Waals surface area contributed by atoms with E-state index in [9.17, 15) is 14.4 Å². The maximum atomic E-state index is 14.2. The van der Waals surface area contributed by atoms with Crippen molar-refractivity contribution in [2.45, 2.75) is 58.5 Å². The Bertz CT molecular complexity index is 1440. The topological polar surface area (TPSA) is 116 Å². The third kappa shape index (κ3) is 6.18. The highest BCUT2D eigenvalue weighted by Gasteiger charge is 2.58. The van der Waals surface area contributed by atoms with Crippen LogP contribution in [0.1, 0.15) is 67.0 Å². The predicted molar refractivity (Wildman–Crippen MR) is 161 cm³/mol. The Balaban J connectivity index is 1.91. The third-order valence-corrected chi connectivity index (χ3v) is 8.16. The quantitative estimate of drug-likeness (QED) is 0.228. The lowest BCUT2D eigenvalue weighted by Gasteiger charge is -2.48. The Morgan fingerprint density at radius 3 is 2.12 bits per heavy atom. The summed E-state index contributed by atoms with van der Waals surface area (Å²) in [5.41, 5.74) is 1.28. The molecule has 2 heterocycles. The van der Waals surface area contributed by atoms with E-state index in [1.807, 2.05) is 67.6 Å². The van der Waals surface area contributed by atoms with E-state index in [-0.39, 0.29) is 25.5 Å². The second-order valence-corrected chi connectivity index (χ2v) is 10.9. The molecule has 42 heavy (non-hydrogen) atoms. The number of rotatable bonds is 11. The van der Waals surface area contributed by atoms with Crippen molar-refractivity contribution >= 4 is 34.4 Å². The van der Waals surface area contributed by atoms with E-state index in [4.69, 9.17) is 14.2 Å². The van der Waals surface area contributed by atoms with Crippen LogP contribution in [-0.2, 0) is 30.2 Å². The second kappa shape index (κ2) is 13.7. The normalized spacial score (nSPS) is 19.9. The van der Waals surface area contributed by atoms with Crippen molar-refractivity contribution in [2.24, 2.45) is 0 Å². The SMILES string of the molecule is CCOC(=O)C1=C(C)NC(C)C(Nc2nc(C(=O)OCC)c(Cc3ccccc3)s2)(C(=O)OCC)C1c1ccccc1. The summed E-state index contributed by atoms with van der Waals surface area (Å²) < 4.78 is 16.5. The lowest BCUT2D eigenvalue weighted by Crippen LogP contribution is -2.66. The molecule has 2 aromatic carbocycles. The molecule has 4 rings (SSSR count). The average Bonchev–Trinajstić information content (AvgIpc) is 3.37. The van der Waals surface area contributed by atoms with Crippen LogP contribution in [-0.4, -0.2) is 54.3 Å². The molecule has 3 atom stereocenters. The van der Waals surface area contributed by atoms with Crippen LogP contribution in [0.15, 0.2) is 71.9 Å². The number of ether oxygens (including phenoxy) is 3. The largest absolute Gasteiger partial charge is 0.464 e. The molecule has 3 aromatic rings. The lowest BCUT2D eigenvalue weighted by molar-refractivity contribution is -0.151. The molecule has 9 nitrogen and oxygen atoms in total. The summed E-state index contributed by atoms with van der Waals surface area (Å²) in [5.74, 6) is -2.45. The molecule has 3 unspecified atom stereocenters. The number of allylic oxidation sites excluding steroid dienone is 1. The number of anilines is 1. The molecule has 0 aliphatic carbocycles. The zero-order valence-electron chi connectivity index (χ0n) is 24.6. The van der Waals surface area contributed by atoms with Crippen LogP contribution in [0.25, 0.3) is 0 Å². The molecule has 10 heteroatoms. The second-order valence-electron chi connectivity index (χ2n) is 9.86. The van der Waals surface area contributed by atoms with Crippen LogP contribution >= 0.6 is 11.3 Å². The van der Waals surface area contributed by atoms with E-state index >= 15 is 0 Å². The number of benzene rings is 2. The van der Waals surface area contributed by atoms with Crippen LogP contribution < -0.4 is 10.6 Å². The molecule has 0 radical (unpaired) electrons. The third-order valence-electron chi connectivity index (χ3n) is 7.19. The van der Waals surface area contributed by atoms with E-state index in [0.717, 1.165) is 11.1 Å². The smallest absolute Gasteiger partial charge is 0.358 e. The maximum Gasteiger partial charge on any atom is 0.358 e. The highest BCUT2D eigenvalue weighted by Crippen LogP contribution is 2.46. The Morgan fingerprint density at radius 2 is 1.50 bits per heavy atom. The van der Waals surface area contributed by atoms with Crippen molar-refractivity contribution in [1.82, 2.24) is 10.3 Å². The minimum absolute atomic E-state index is 0.124. The molecule has 0 bridgehead atoms. The maximum absolute atomic E-state index is 14.2. The Morgan fingerprint density at radius 1 is 0.905 bits per heavy atom. The van der Waals surface area contributed by atoms with Gasteiger partial charge in [-0.25, -0.2) is 19.4 Å². The highest BCUT2D eigenvalue weighted by atomic mass is 32.1. The van der Waals surface area contributed by atoms with Gasteiger partial charge in [0.15, 0.2) is 16.4 Å². The molecule has 0 spiro atoms. The van der Waals surface area contributed by atoms with E-state index in [2.05, 4.69) is 15.6 Å². The minimum Gasteiger partial charge on any atom is -0.464 e. The standard InChI is InChI=1S/C32H37N3O6S/c1-6-39-28(36)25-20(4)33-21(5)32(30(38)41-8-3,26(25)23-17-13-10-14-18-23)35-31-34-27(29(37)40-7-2)24(42-31)19-22-15-11-9-12-16-22/h9-18,21,26,33H,6-8,19H2,1-5H3,(H,34,35). The van der Waals surface area contributed by atoms with E-state index in [1.54, 1.807) is 27.7 Å². The van der Waals surface area contributed by atoms with Crippen LogP contribution in [0, 0.1) is 0 Å². The number of aromatic nitrogens is 1. The highest BCUT2D eigenvalue weighted by molar-refractivity contribution is 7.16. The molecule has 0 saturated carbocycles. The van der Waals surface area contributed by atoms with Gasteiger partial charge in [-0.2, -0.15) is 0 Å². The summed E-state index contributed by atoms with van der Waals surface area (Å²) in [7, 11) is 0. The fraction of sp³-hybridized carbons (Fsp3) is 0.375. The molecule has 0 saturated heterocycles. The fourth-order valence-electron chi connectivity index (χ4n) is 5.38. The molecular weight excluding hydrogens is 554 g/mol. The summed E-state index contributed by atoms with van der Waals surface area (Å²) in [6.07, 6.45) is 0.448. The summed E-state index contributed by atoms with van der Waals surface area (Å²) in [6.45, 7) is 9.36. The van der Waals surface area contributed by atoms with E-state index in [0.29, 0.717) is 27.7 Å². The monoisotopic (exact) mass is 591 g/mol. The van der Waals surface area contributed by atoms with Gasteiger partial charge in [0.25, 0.3) is 0 Å². The van der Waals surface area contributed by atoms with Gasteiger partial charge in [0.2, 0.25) is 0 Å². The number of esters is 3. The fourth-order valence-corrected chi connectivity index (χ4v) is 6.44. The average molecular weight is 592 g/mol. The van der Waals surface area contributed by atoms with Crippen LogP contribution in [0.2, 0.25) is 0 Å². The van der Waals surface area contributed by atoms with Crippen molar-refractivity contribution in [3.63, 3.8) is 0 Å². The van der Waals surface area contributed by atoms with Gasteiger partial charge in [-0.05, 0) is 45.7 Å².